The zero-order valence-corrected chi connectivity index (χ0v) is 18.8. The Bertz CT molecular complexity index is 1200. The summed E-state index contributed by atoms with van der Waals surface area (Å²) in [5.41, 5.74) is 6.59. The fourth-order valence-electron chi connectivity index (χ4n) is 3.75. The van der Waals surface area contributed by atoms with E-state index in [-0.39, 0.29) is 5.91 Å². The standard InChI is InChI=1S/C27H28N4O/c1-20-5-8-24(9-6-20)27(32)31(17-23-10-12-28-13-11-23)19-26-29-14-15-30(26)18-25-16-21(2)4-7-22(25)3/h4-16H,17-19H2,1-3H3. The molecular weight excluding hydrogens is 396 g/mol. The molecule has 162 valence electrons. The van der Waals surface area contributed by atoms with Crippen molar-refractivity contribution in [1.82, 2.24) is 19.4 Å². The number of carbonyl (C=O) groups is 1. The van der Waals surface area contributed by atoms with Gasteiger partial charge in [0.25, 0.3) is 5.91 Å². The minimum Gasteiger partial charge on any atom is -0.329 e. The minimum absolute atomic E-state index is 0.0110. The van der Waals surface area contributed by atoms with E-state index >= 15 is 0 Å². The largest absolute Gasteiger partial charge is 0.329 e. The maximum absolute atomic E-state index is 13.4. The molecule has 0 saturated heterocycles. The molecule has 0 spiro atoms. The van der Waals surface area contributed by atoms with Gasteiger partial charge in [-0.15, -0.1) is 0 Å². The molecule has 0 N–H and O–H groups in total. The second kappa shape index (κ2) is 9.60. The van der Waals surface area contributed by atoms with E-state index in [0.29, 0.717) is 18.7 Å². The molecule has 4 rings (SSSR count). The van der Waals surface area contributed by atoms with Gasteiger partial charge in [0.1, 0.15) is 5.82 Å². The molecule has 2 aromatic carbocycles. The van der Waals surface area contributed by atoms with Crippen LogP contribution in [0.25, 0.3) is 0 Å². The molecule has 2 heterocycles. The van der Waals surface area contributed by atoms with Crippen LogP contribution in [0.2, 0.25) is 0 Å². The van der Waals surface area contributed by atoms with Crippen molar-refractivity contribution in [1.29, 1.82) is 0 Å². The molecule has 0 aliphatic carbocycles. The lowest BCUT2D eigenvalue weighted by Crippen LogP contribution is -2.31. The van der Waals surface area contributed by atoms with Crippen LogP contribution in [0, 0.1) is 20.8 Å². The summed E-state index contributed by atoms with van der Waals surface area (Å²) in [5, 5.41) is 0. The Hall–Kier alpha value is -3.73. The number of aryl methyl sites for hydroxylation is 3. The first-order valence-corrected chi connectivity index (χ1v) is 10.8. The number of aromatic nitrogens is 3. The van der Waals surface area contributed by atoms with E-state index in [9.17, 15) is 4.79 Å². The Morgan fingerprint density at radius 1 is 0.875 bits per heavy atom. The van der Waals surface area contributed by atoms with Crippen molar-refractivity contribution in [3.05, 3.63) is 119 Å². The number of hydrogen-bond donors (Lipinski definition) is 0. The topological polar surface area (TPSA) is 51.0 Å². The summed E-state index contributed by atoms with van der Waals surface area (Å²) in [6.07, 6.45) is 7.30. The summed E-state index contributed by atoms with van der Waals surface area (Å²) < 4.78 is 2.13. The lowest BCUT2D eigenvalue weighted by molar-refractivity contribution is 0.0723. The van der Waals surface area contributed by atoms with Gasteiger partial charge in [0.05, 0.1) is 6.54 Å². The number of hydrogen-bond acceptors (Lipinski definition) is 3. The van der Waals surface area contributed by atoms with Crippen LogP contribution in [-0.4, -0.2) is 25.3 Å². The minimum atomic E-state index is -0.0110. The van der Waals surface area contributed by atoms with E-state index in [1.54, 1.807) is 18.6 Å². The maximum atomic E-state index is 13.4. The SMILES string of the molecule is Cc1ccc(C(=O)N(Cc2ccncc2)Cc2nccn2Cc2cc(C)ccc2C)cc1. The Kier molecular flexibility index (Phi) is 6.45. The van der Waals surface area contributed by atoms with Crippen molar-refractivity contribution >= 4 is 5.91 Å². The number of benzene rings is 2. The molecule has 0 radical (unpaired) electrons. The predicted octanol–water partition coefficient (Wildman–Crippen LogP) is 5.09. The molecule has 0 fully saturated rings. The van der Waals surface area contributed by atoms with Crippen molar-refractivity contribution in [2.24, 2.45) is 0 Å². The van der Waals surface area contributed by atoms with Gasteiger partial charge in [0.2, 0.25) is 0 Å². The highest BCUT2D eigenvalue weighted by molar-refractivity contribution is 5.94. The molecule has 0 aliphatic heterocycles. The van der Waals surface area contributed by atoms with Crippen molar-refractivity contribution < 1.29 is 4.79 Å². The second-order valence-electron chi connectivity index (χ2n) is 8.28. The average Bonchev–Trinajstić information content (AvgIpc) is 3.23. The van der Waals surface area contributed by atoms with Gasteiger partial charge in [-0.2, -0.15) is 0 Å². The fourth-order valence-corrected chi connectivity index (χ4v) is 3.75. The first-order chi connectivity index (χ1) is 15.5. The summed E-state index contributed by atoms with van der Waals surface area (Å²) >= 11 is 0. The van der Waals surface area contributed by atoms with Crippen molar-refractivity contribution in [2.75, 3.05) is 0 Å². The van der Waals surface area contributed by atoms with Crippen molar-refractivity contribution in [3.8, 4) is 0 Å². The zero-order valence-electron chi connectivity index (χ0n) is 18.8. The summed E-state index contributed by atoms with van der Waals surface area (Å²) in [6, 6.07) is 18.1. The Morgan fingerprint density at radius 2 is 1.59 bits per heavy atom. The van der Waals surface area contributed by atoms with Crippen LogP contribution in [0.5, 0.6) is 0 Å². The number of pyridine rings is 1. The second-order valence-corrected chi connectivity index (χ2v) is 8.28. The highest BCUT2D eigenvalue weighted by Gasteiger charge is 2.19. The monoisotopic (exact) mass is 424 g/mol. The molecular formula is C27H28N4O. The number of rotatable bonds is 7. The molecule has 1 amide bonds. The normalized spacial score (nSPS) is 10.8. The number of amides is 1. The maximum Gasteiger partial charge on any atom is 0.254 e. The first-order valence-electron chi connectivity index (χ1n) is 10.8. The van der Waals surface area contributed by atoms with Gasteiger partial charge >= 0.3 is 0 Å². The zero-order chi connectivity index (χ0) is 22.5. The summed E-state index contributed by atoms with van der Waals surface area (Å²) in [5.74, 6) is 0.850. The van der Waals surface area contributed by atoms with E-state index in [4.69, 9.17) is 0 Å². The van der Waals surface area contributed by atoms with Gasteiger partial charge in [-0.1, -0.05) is 41.5 Å². The van der Waals surface area contributed by atoms with Gasteiger partial charge in [-0.3, -0.25) is 9.78 Å². The molecule has 5 heteroatoms. The molecule has 32 heavy (non-hydrogen) atoms. The molecule has 0 atom stereocenters. The Morgan fingerprint density at radius 3 is 2.34 bits per heavy atom. The van der Waals surface area contributed by atoms with Gasteiger partial charge in [-0.05, 0) is 61.7 Å². The van der Waals surface area contributed by atoms with Crippen LogP contribution in [0.1, 0.15) is 44.0 Å². The molecule has 4 aromatic rings. The molecule has 5 nitrogen and oxygen atoms in total. The smallest absolute Gasteiger partial charge is 0.254 e. The van der Waals surface area contributed by atoms with Crippen LogP contribution >= 0.6 is 0 Å². The third kappa shape index (κ3) is 5.11. The quantitative estimate of drug-likeness (QED) is 0.415. The molecule has 0 aliphatic rings. The van der Waals surface area contributed by atoms with E-state index in [1.165, 1.54) is 16.7 Å². The van der Waals surface area contributed by atoms with Crippen molar-refractivity contribution in [2.45, 2.75) is 40.4 Å². The van der Waals surface area contributed by atoms with Crippen LogP contribution in [0.4, 0.5) is 0 Å². The van der Waals surface area contributed by atoms with Gasteiger partial charge in [-0.25, -0.2) is 4.98 Å². The molecule has 0 unspecified atom stereocenters. The van der Waals surface area contributed by atoms with Crippen LogP contribution in [-0.2, 0) is 19.6 Å². The Balaban J connectivity index is 1.61. The van der Waals surface area contributed by atoms with E-state index in [2.05, 4.69) is 46.6 Å². The van der Waals surface area contributed by atoms with Gasteiger partial charge in [0.15, 0.2) is 0 Å². The van der Waals surface area contributed by atoms with Gasteiger partial charge in [0, 0.05) is 43.4 Å². The van der Waals surface area contributed by atoms with Crippen LogP contribution in [0.3, 0.4) is 0 Å². The van der Waals surface area contributed by atoms with E-state index in [1.807, 2.05) is 54.4 Å². The third-order valence-electron chi connectivity index (χ3n) is 5.69. The lowest BCUT2D eigenvalue weighted by Gasteiger charge is -2.23. The van der Waals surface area contributed by atoms with E-state index in [0.717, 1.165) is 23.5 Å². The van der Waals surface area contributed by atoms with Crippen molar-refractivity contribution in [3.63, 3.8) is 0 Å². The fraction of sp³-hybridized carbons (Fsp3) is 0.222. The van der Waals surface area contributed by atoms with Crippen LogP contribution in [0.15, 0.2) is 79.4 Å². The number of carbonyl (C=O) groups excluding carboxylic acids is 1. The van der Waals surface area contributed by atoms with E-state index < -0.39 is 0 Å². The predicted molar refractivity (Wildman–Crippen MR) is 126 cm³/mol. The number of imidazole rings is 1. The van der Waals surface area contributed by atoms with Crippen LogP contribution < -0.4 is 0 Å². The first kappa shape index (κ1) is 21.5. The summed E-state index contributed by atoms with van der Waals surface area (Å²) in [4.78, 5) is 24.0. The van der Waals surface area contributed by atoms with Gasteiger partial charge < -0.3 is 9.47 Å². The number of nitrogens with zero attached hydrogens (tertiary/aromatic N) is 4. The Labute approximate surface area is 189 Å². The highest BCUT2D eigenvalue weighted by atomic mass is 16.2. The summed E-state index contributed by atoms with van der Waals surface area (Å²) in [7, 11) is 0. The lowest BCUT2D eigenvalue weighted by atomic mass is 10.1. The molecule has 2 aromatic heterocycles. The molecule has 0 bridgehead atoms. The molecule has 0 saturated carbocycles. The summed E-state index contributed by atoms with van der Waals surface area (Å²) in [6.45, 7) is 7.90. The highest BCUT2D eigenvalue weighted by Crippen LogP contribution is 2.17. The third-order valence-corrected chi connectivity index (χ3v) is 5.69. The average molecular weight is 425 g/mol.